The number of carbonyl (C=O) groups is 1. The molecule has 0 fully saturated rings. The molecule has 0 aliphatic rings. The van der Waals surface area contributed by atoms with Gasteiger partial charge in [0.1, 0.15) is 0 Å². The predicted molar refractivity (Wildman–Crippen MR) is 42.4 cm³/mol. The van der Waals surface area contributed by atoms with Crippen LogP contribution >= 0.6 is 0 Å². The van der Waals surface area contributed by atoms with Crippen LogP contribution in [0.25, 0.3) is 0 Å². The lowest BCUT2D eigenvalue weighted by atomic mass is 10.0. The van der Waals surface area contributed by atoms with Gasteiger partial charge >= 0.3 is 0 Å². The minimum absolute atomic E-state index is 0.0136. The summed E-state index contributed by atoms with van der Waals surface area (Å²) in [5, 5.41) is 10.3. The van der Waals surface area contributed by atoms with Crippen LogP contribution in [0.2, 0.25) is 0 Å². The zero-order valence-electron chi connectivity index (χ0n) is 7.05. The molecule has 3 nitrogen and oxygen atoms in total. The molecule has 0 saturated heterocycles. The number of nitrogens with zero attached hydrogens (tertiary/aromatic N) is 1. The normalized spacial score (nSPS) is 11.7. The molecule has 0 rings (SSSR count). The van der Waals surface area contributed by atoms with Crippen molar-refractivity contribution in [2.45, 2.75) is 33.1 Å². The molecule has 0 aliphatic heterocycles. The molecule has 0 heterocycles. The van der Waals surface area contributed by atoms with Crippen molar-refractivity contribution in [2.75, 3.05) is 0 Å². The van der Waals surface area contributed by atoms with Crippen LogP contribution in [0.3, 0.4) is 0 Å². The Hall–Kier alpha value is -1.04. The molecule has 1 amide bonds. The van der Waals surface area contributed by atoms with E-state index in [1.54, 1.807) is 6.19 Å². The number of nitriles is 1. The van der Waals surface area contributed by atoms with Gasteiger partial charge < -0.3 is 0 Å². The molecule has 1 atom stereocenters. The number of nitrogens with one attached hydrogen (secondary N) is 1. The Morgan fingerprint density at radius 1 is 1.64 bits per heavy atom. The topological polar surface area (TPSA) is 52.9 Å². The van der Waals surface area contributed by atoms with Crippen molar-refractivity contribution < 1.29 is 4.79 Å². The average Bonchev–Trinajstić information content (AvgIpc) is 2.00. The molecule has 0 bridgehead atoms. The second-order valence-corrected chi connectivity index (χ2v) is 2.49. The summed E-state index contributed by atoms with van der Waals surface area (Å²) >= 11 is 0. The van der Waals surface area contributed by atoms with E-state index in [9.17, 15) is 4.79 Å². The van der Waals surface area contributed by atoms with Crippen LogP contribution < -0.4 is 5.32 Å². The Labute approximate surface area is 67.4 Å². The molecule has 0 aromatic carbocycles. The summed E-state index contributed by atoms with van der Waals surface area (Å²) < 4.78 is 0. The lowest BCUT2D eigenvalue weighted by Crippen LogP contribution is -2.26. The maximum absolute atomic E-state index is 11.0. The van der Waals surface area contributed by atoms with E-state index >= 15 is 0 Å². The van der Waals surface area contributed by atoms with Gasteiger partial charge in [-0.05, 0) is 12.8 Å². The lowest BCUT2D eigenvalue weighted by Gasteiger charge is -2.09. The first-order valence-corrected chi connectivity index (χ1v) is 3.95. The molecule has 0 aromatic rings. The molecule has 0 saturated carbocycles. The fourth-order valence-electron chi connectivity index (χ4n) is 1.03. The van der Waals surface area contributed by atoms with Gasteiger partial charge in [-0.25, -0.2) is 0 Å². The van der Waals surface area contributed by atoms with Crippen molar-refractivity contribution in [2.24, 2.45) is 5.92 Å². The fraction of sp³-hybridized carbons (Fsp3) is 0.750. The molecule has 3 heteroatoms. The van der Waals surface area contributed by atoms with E-state index < -0.39 is 0 Å². The van der Waals surface area contributed by atoms with Crippen LogP contribution in [0.1, 0.15) is 33.1 Å². The van der Waals surface area contributed by atoms with E-state index in [-0.39, 0.29) is 11.8 Å². The van der Waals surface area contributed by atoms with Crippen LogP contribution in [0, 0.1) is 17.4 Å². The van der Waals surface area contributed by atoms with Crippen molar-refractivity contribution >= 4 is 5.91 Å². The highest BCUT2D eigenvalue weighted by Gasteiger charge is 2.13. The minimum Gasteiger partial charge on any atom is -0.274 e. The first-order valence-electron chi connectivity index (χ1n) is 3.95. The molecule has 0 spiro atoms. The Morgan fingerprint density at radius 3 is 2.64 bits per heavy atom. The number of hydrogen-bond acceptors (Lipinski definition) is 2. The molecule has 1 unspecified atom stereocenters. The molecular weight excluding hydrogens is 140 g/mol. The van der Waals surface area contributed by atoms with Gasteiger partial charge in [0.25, 0.3) is 0 Å². The van der Waals surface area contributed by atoms with Crippen molar-refractivity contribution in [3.63, 3.8) is 0 Å². The van der Waals surface area contributed by atoms with E-state index in [0.29, 0.717) is 0 Å². The Bertz CT molecular complexity index is 160. The molecule has 0 aromatic heterocycles. The Balaban J connectivity index is 3.83. The highest BCUT2D eigenvalue weighted by Crippen LogP contribution is 2.09. The highest BCUT2D eigenvalue weighted by atomic mass is 16.1. The fourth-order valence-corrected chi connectivity index (χ4v) is 1.03. The SMILES string of the molecule is CCCC(CC)C(=O)NC#N. The number of rotatable bonds is 4. The van der Waals surface area contributed by atoms with E-state index in [0.717, 1.165) is 19.3 Å². The first kappa shape index (κ1) is 9.96. The Morgan fingerprint density at radius 2 is 2.27 bits per heavy atom. The van der Waals surface area contributed by atoms with Crippen LogP contribution in [0.15, 0.2) is 0 Å². The van der Waals surface area contributed by atoms with Crippen LogP contribution in [-0.4, -0.2) is 5.91 Å². The zero-order valence-corrected chi connectivity index (χ0v) is 7.05. The quantitative estimate of drug-likeness (QED) is 0.491. The van der Waals surface area contributed by atoms with Gasteiger partial charge in [0.05, 0.1) is 0 Å². The third-order valence-electron chi connectivity index (χ3n) is 1.68. The van der Waals surface area contributed by atoms with Gasteiger partial charge in [0.15, 0.2) is 6.19 Å². The van der Waals surface area contributed by atoms with E-state index in [4.69, 9.17) is 5.26 Å². The molecule has 1 N–H and O–H groups in total. The summed E-state index contributed by atoms with van der Waals surface area (Å²) in [5.74, 6) is -0.128. The number of hydrogen-bond donors (Lipinski definition) is 1. The van der Waals surface area contributed by atoms with E-state index in [1.165, 1.54) is 0 Å². The average molecular weight is 154 g/mol. The zero-order chi connectivity index (χ0) is 8.69. The van der Waals surface area contributed by atoms with Crippen molar-refractivity contribution in [1.29, 1.82) is 5.26 Å². The van der Waals surface area contributed by atoms with Gasteiger partial charge in [-0.15, -0.1) is 0 Å². The van der Waals surface area contributed by atoms with Gasteiger partial charge in [-0.3, -0.25) is 10.1 Å². The summed E-state index contributed by atoms with van der Waals surface area (Å²) in [6.07, 6.45) is 4.30. The van der Waals surface area contributed by atoms with Crippen molar-refractivity contribution in [3.8, 4) is 6.19 Å². The molecule has 62 valence electrons. The van der Waals surface area contributed by atoms with Gasteiger partial charge in [-0.1, -0.05) is 20.3 Å². The second-order valence-electron chi connectivity index (χ2n) is 2.49. The molecule has 0 radical (unpaired) electrons. The standard InChI is InChI=1S/C8H14N2O/c1-3-5-7(4-2)8(11)10-6-9/h7H,3-5H2,1-2H3,(H,10,11). The summed E-state index contributed by atoms with van der Waals surface area (Å²) in [7, 11) is 0. The number of carbonyl (C=O) groups excluding carboxylic acids is 1. The maximum Gasteiger partial charge on any atom is 0.236 e. The summed E-state index contributed by atoms with van der Waals surface area (Å²) in [6, 6.07) is 0. The number of amides is 1. The van der Waals surface area contributed by atoms with Crippen LogP contribution in [-0.2, 0) is 4.79 Å². The molecular formula is C8H14N2O. The minimum atomic E-state index is -0.142. The smallest absolute Gasteiger partial charge is 0.236 e. The summed E-state index contributed by atoms with van der Waals surface area (Å²) in [5.41, 5.74) is 0. The summed E-state index contributed by atoms with van der Waals surface area (Å²) in [4.78, 5) is 11.0. The molecule has 0 aliphatic carbocycles. The van der Waals surface area contributed by atoms with Crippen molar-refractivity contribution in [1.82, 2.24) is 5.32 Å². The predicted octanol–water partition coefficient (Wildman–Crippen LogP) is 1.41. The Kier molecular flexibility index (Phi) is 5.18. The van der Waals surface area contributed by atoms with Gasteiger partial charge in [0.2, 0.25) is 5.91 Å². The van der Waals surface area contributed by atoms with Crippen LogP contribution in [0.5, 0.6) is 0 Å². The highest BCUT2D eigenvalue weighted by molar-refractivity contribution is 5.79. The molecule has 11 heavy (non-hydrogen) atoms. The van der Waals surface area contributed by atoms with Gasteiger partial charge in [0, 0.05) is 5.92 Å². The summed E-state index contributed by atoms with van der Waals surface area (Å²) in [6.45, 7) is 3.99. The maximum atomic E-state index is 11.0. The monoisotopic (exact) mass is 154 g/mol. The van der Waals surface area contributed by atoms with E-state index in [2.05, 4.69) is 5.32 Å². The lowest BCUT2D eigenvalue weighted by molar-refractivity contribution is -0.124. The third kappa shape index (κ3) is 3.61. The first-order chi connectivity index (χ1) is 5.26. The van der Waals surface area contributed by atoms with Crippen molar-refractivity contribution in [3.05, 3.63) is 0 Å². The third-order valence-corrected chi connectivity index (χ3v) is 1.68. The van der Waals surface area contributed by atoms with Gasteiger partial charge in [-0.2, -0.15) is 5.26 Å². The second kappa shape index (κ2) is 5.72. The van der Waals surface area contributed by atoms with E-state index in [1.807, 2.05) is 13.8 Å². The van der Waals surface area contributed by atoms with Crippen LogP contribution in [0.4, 0.5) is 0 Å². The largest absolute Gasteiger partial charge is 0.274 e.